The van der Waals surface area contributed by atoms with Crippen LogP contribution in [0, 0.1) is 17.8 Å². The lowest BCUT2D eigenvalue weighted by molar-refractivity contribution is 0.0943. The Morgan fingerprint density at radius 3 is 2.71 bits per heavy atom. The van der Waals surface area contributed by atoms with E-state index in [-0.39, 0.29) is 5.91 Å². The molecule has 1 saturated carbocycles. The summed E-state index contributed by atoms with van der Waals surface area (Å²) in [5.74, 6) is 2.62. The lowest BCUT2D eigenvalue weighted by Gasteiger charge is -2.21. The summed E-state index contributed by atoms with van der Waals surface area (Å²) in [4.78, 5) is 18.8. The Bertz CT molecular complexity index is 945. The third kappa shape index (κ3) is 3.26. The largest absolute Gasteiger partial charge is 0.371 e. The van der Waals surface area contributed by atoms with Gasteiger partial charge < -0.3 is 14.7 Å². The fourth-order valence-electron chi connectivity index (χ4n) is 4.40. The molecule has 0 spiro atoms. The molecule has 0 radical (unpaired) electrons. The van der Waals surface area contributed by atoms with Gasteiger partial charge in [0.1, 0.15) is 0 Å². The molecule has 5 rings (SSSR count). The third-order valence-electron chi connectivity index (χ3n) is 5.94. The number of aromatic nitrogens is 2. The smallest absolute Gasteiger partial charge is 0.273 e. The first-order chi connectivity index (χ1) is 13.8. The Hall–Kier alpha value is -3.15. The number of nitrogens with zero attached hydrogens (tertiary/aromatic N) is 3. The van der Waals surface area contributed by atoms with Crippen LogP contribution in [0.5, 0.6) is 0 Å². The number of para-hydroxylation sites is 1. The van der Waals surface area contributed by atoms with E-state index in [1.807, 2.05) is 12.1 Å². The summed E-state index contributed by atoms with van der Waals surface area (Å²) in [6.45, 7) is 2.94. The van der Waals surface area contributed by atoms with Crippen molar-refractivity contribution in [2.24, 2.45) is 17.8 Å². The van der Waals surface area contributed by atoms with Crippen LogP contribution in [0.25, 0.3) is 11.3 Å². The first kappa shape index (κ1) is 17.0. The van der Waals surface area contributed by atoms with E-state index in [1.54, 1.807) is 18.5 Å². The van der Waals surface area contributed by atoms with Gasteiger partial charge in [0, 0.05) is 49.3 Å². The highest BCUT2D eigenvalue weighted by atomic mass is 16.5. The average Bonchev–Trinajstić information content (AvgIpc) is 3.14. The molecule has 2 aliphatic rings. The molecule has 3 atom stereocenters. The van der Waals surface area contributed by atoms with Crippen molar-refractivity contribution in [3.63, 3.8) is 0 Å². The number of carbonyl (C=O) groups excluding carboxylic acids is 1. The summed E-state index contributed by atoms with van der Waals surface area (Å²) in [6, 6.07) is 16.0. The van der Waals surface area contributed by atoms with Gasteiger partial charge in [-0.05, 0) is 48.4 Å². The molecule has 1 aliphatic carbocycles. The number of anilines is 1. The number of benzene rings is 1. The number of rotatable bonds is 6. The molecule has 6 nitrogen and oxygen atoms in total. The Morgan fingerprint density at radius 1 is 1.14 bits per heavy atom. The van der Waals surface area contributed by atoms with Crippen LogP contribution in [0.4, 0.5) is 5.69 Å². The summed E-state index contributed by atoms with van der Waals surface area (Å²) < 4.78 is 5.27. The van der Waals surface area contributed by atoms with Gasteiger partial charge in [0.25, 0.3) is 5.91 Å². The van der Waals surface area contributed by atoms with Crippen molar-refractivity contribution >= 4 is 11.6 Å². The summed E-state index contributed by atoms with van der Waals surface area (Å²) in [7, 11) is 0. The molecule has 142 valence electrons. The number of amides is 1. The van der Waals surface area contributed by atoms with Gasteiger partial charge in [-0.3, -0.25) is 9.78 Å². The maximum atomic E-state index is 12.3. The molecule has 1 amide bonds. The van der Waals surface area contributed by atoms with Crippen molar-refractivity contribution in [3.05, 3.63) is 66.6 Å². The van der Waals surface area contributed by atoms with E-state index >= 15 is 0 Å². The predicted molar refractivity (Wildman–Crippen MR) is 106 cm³/mol. The zero-order valence-corrected chi connectivity index (χ0v) is 15.5. The molecule has 2 fully saturated rings. The Labute approximate surface area is 163 Å². The molecule has 0 bridgehead atoms. The van der Waals surface area contributed by atoms with Gasteiger partial charge in [0.05, 0.1) is 0 Å². The molecule has 3 heterocycles. The Kier molecular flexibility index (Phi) is 4.31. The molecular formula is C22H22N4O2. The highest BCUT2D eigenvalue weighted by molar-refractivity contribution is 5.93. The molecule has 1 saturated heterocycles. The number of fused-ring (bicyclic) bond motifs is 1. The van der Waals surface area contributed by atoms with Gasteiger partial charge in [-0.2, -0.15) is 0 Å². The normalized spacial score (nSPS) is 22.7. The molecule has 1 N–H and O–H groups in total. The highest BCUT2D eigenvalue weighted by Crippen LogP contribution is 2.54. The van der Waals surface area contributed by atoms with E-state index < -0.39 is 0 Å². The first-order valence-corrected chi connectivity index (χ1v) is 9.75. The van der Waals surface area contributed by atoms with Crippen LogP contribution in [0.1, 0.15) is 16.9 Å². The van der Waals surface area contributed by atoms with Crippen LogP contribution in [0.2, 0.25) is 0 Å². The molecule has 3 aromatic rings. The van der Waals surface area contributed by atoms with E-state index in [0.29, 0.717) is 18.0 Å². The summed E-state index contributed by atoms with van der Waals surface area (Å²) in [5, 5.41) is 6.86. The zero-order chi connectivity index (χ0) is 18.9. The maximum absolute atomic E-state index is 12.3. The van der Waals surface area contributed by atoms with Crippen LogP contribution in [-0.2, 0) is 0 Å². The molecule has 1 aromatic carbocycles. The summed E-state index contributed by atoms with van der Waals surface area (Å²) >= 11 is 0. The van der Waals surface area contributed by atoms with Crippen molar-refractivity contribution in [2.75, 3.05) is 24.5 Å². The Balaban J connectivity index is 1.09. The molecular weight excluding hydrogens is 352 g/mol. The summed E-state index contributed by atoms with van der Waals surface area (Å²) in [6.07, 6.45) is 4.41. The van der Waals surface area contributed by atoms with Crippen molar-refractivity contribution < 1.29 is 9.32 Å². The minimum Gasteiger partial charge on any atom is -0.371 e. The second-order valence-corrected chi connectivity index (χ2v) is 7.59. The minimum atomic E-state index is -0.185. The van der Waals surface area contributed by atoms with Crippen molar-refractivity contribution in [1.29, 1.82) is 0 Å². The second-order valence-electron chi connectivity index (χ2n) is 7.59. The van der Waals surface area contributed by atoms with Gasteiger partial charge in [0.15, 0.2) is 11.5 Å². The van der Waals surface area contributed by atoms with Gasteiger partial charge in [-0.15, -0.1) is 0 Å². The van der Waals surface area contributed by atoms with Crippen LogP contribution in [0.15, 0.2) is 65.4 Å². The Morgan fingerprint density at radius 2 is 1.96 bits per heavy atom. The molecule has 6 heteroatoms. The second kappa shape index (κ2) is 7.11. The van der Waals surface area contributed by atoms with E-state index in [9.17, 15) is 4.79 Å². The molecule has 1 unspecified atom stereocenters. The number of nitrogens with one attached hydrogen (secondary N) is 1. The molecule has 28 heavy (non-hydrogen) atoms. The van der Waals surface area contributed by atoms with Gasteiger partial charge >= 0.3 is 0 Å². The van der Waals surface area contributed by atoms with Crippen molar-refractivity contribution in [3.8, 4) is 11.3 Å². The van der Waals surface area contributed by atoms with E-state index in [4.69, 9.17) is 4.52 Å². The predicted octanol–water partition coefficient (Wildman–Crippen LogP) is 3.24. The zero-order valence-electron chi connectivity index (χ0n) is 15.5. The monoisotopic (exact) mass is 374 g/mol. The minimum absolute atomic E-state index is 0.185. The van der Waals surface area contributed by atoms with Crippen LogP contribution >= 0.6 is 0 Å². The van der Waals surface area contributed by atoms with E-state index in [2.05, 4.69) is 50.7 Å². The number of hydrogen-bond donors (Lipinski definition) is 1. The lowest BCUT2D eigenvalue weighted by atomic mass is 10.1. The van der Waals surface area contributed by atoms with Gasteiger partial charge in [-0.25, -0.2) is 0 Å². The van der Waals surface area contributed by atoms with Crippen molar-refractivity contribution in [2.45, 2.75) is 6.42 Å². The average molecular weight is 374 g/mol. The quantitative estimate of drug-likeness (QED) is 0.717. The fraction of sp³-hybridized carbons (Fsp3) is 0.318. The maximum Gasteiger partial charge on any atom is 0.273 e. The van der Waals surface area contributed by atoms with Gasteiger partial charge in [0.2, 0.25) is 0 Å². The highest BCUT2D eigenvalue weighted by Gasteiger charge is 2.54. The fourth-order valence-corrected chi connectivity index (χ4v) is 4.40. The molecule has 1 aliphatic heterocycles. The molecule has 2 aromatic heterocycles. The standard InChI is InChI=1S/C22H22N4O2/c27-22(20-11-21(28-25-20)15-5-4-9-23-12-15)24-10-8-17-18-13-26(14-19(17)18)16-6-2-1-3-7-16/h1-7,9,11-12,17-19H,8,10,13-14H2,(H,24,27)/t17?,18-,19+. The van der Waals surface area contributed by atoms with Crippen LogP contribution < -0.4 is 10.2 Å². The lowest BCUT2D eigenvalue weighted by Crippen LogP contribution is -2.27. The number of pyridine rings is 1. The first-order valence-electron chi connectivity index (χ1n) is 9.75. The van der Waals surface area contributed by atoms with E-state index in [1.165, 1.54) is 5.69 Å². The number of piperidine rings is 1. The number of carbonyl (C=O) groups is 1. The SMILES string of the molecule is O=C(NCCC1[C@H]2CN(c3ccccc3)C[C@@H]12)c1cc(-c2cccnc2)on1. The topological polar surface area (TPSA) is 71.3 Å². The van der Waals surface area contributed by atoms with Gasteiger partial charge in [-0.1, -0.05) is 23.4 Å². The van der Waals surface area contributed by atoms with Crippen molar-refractivity contribution in [1.82, 2.24) is 15.5 Å². The van der Waals surface area contributed by atoms with E-state index in [0.717, 1.165) is 42.8 Å². The van der Waals surface area contributed by atoms with Crippen LogP contribution in [-0.4, -0.2) is 35.7 Å². The summed E-state index contributed by atoms with van der Waals surface area (Å²) in [5.41, 5.74) is 2.44. The third-order valence-corrected chi connectivity index (χ3v) is 5.94. The number of hydrogen-bond acceptors (Lipinski definition) is 5. The van der Waals surface area contributed by atoms with Crippen LogP contribution in [0.3, 0.4) is 0 Å².